The van der Waals surface area contributed by atoms with Crippen LogP contribution in [0, 0.1) is 0 Å². The van der Waals surface area contributed by atoms with Gasteiger partial charge in [-0.05, 0) is 48.5 Å². The molecular weight excluding hydrogens is 475 g/mol. The molecule has 3 aromatic carbocycles. The Labute approximate surface area is 195 Å². The topological polar surface area (TPSA) is 84.9 Å². The number of nitrogens with one attached hydrogen (secondary N) is 1. The fourth-order valence-electron chi connectivity index (χ4n) is 3.19. The molecule has 0 radical (unpaired) electrons. The van der Waals surface area contributed by atoms with Gasteiger partial charge in [-0.15, -0.1) is 0 Å². The summed E-state index contributed by atoms with van der Waals surface area (Å²) in [7, 11) is -3.68. The van der Waals surface area contributed by atoms with Gasteiger partial charge in [0.05, 0.1) is 24.2 Å². The molecule has 0 aliphatic carbocycles. The highest BCUT2D eigenvalue weighted by molar-refractivity contribution is 7.92. The van der Waals surface area contributed by atoms with E-state index in [1.54, 1.807) is 36.4 Å². The second-order valence-corrected chi connectivity index (χ2v) is 9.84. The standard InChI is InChI=1S/C22H18Cl2N2O5S/c1-32(28,29)26-13-21(31-20-10-8-15(24)12-18(20)26)22(27)25-17-11-14(23)7-9-19(17)30-16-5-3-2-4-6-16/h2-12,21H,13H2,1H3,(H,25,27)/t21-/m1/s1. The Morgan fingerprint density at radius 1 is 1.06 bits per heavy atom. The lowest BCUT2D eigenvalue weighted by atomic mass is 10.2. The second kappa shape index (κ2) is 8.90. The molecule has 1 amide bonds. The molecule has 10 heteroatoms. The van der Waals surface area contributed by atoms with Gasteiger partial charge >= 0.3 is 0 Å². The van der Waals surface area contributed by atoms with Crippen molar-refractivity contribution in [1.29, 1.82) is 0 Å². The summed E-state index contributed by atoms with van der Waals surface area (Å²) in [6, 6.07) is 18.4. The van der Waals surface area contributed by atoms with E-state index < -0.39 is 22.0 Å². The van der Waals surface area contributed by atoms with E-state index in [0.29, 0.717) is 27.2 Å². The Bertz CT molecular complexity index is 1270. The molecule has 3 aromatic rings. The third-order valence-electron chi connectivity index (χ3n) is 4.65. The molecular formula is C22H18Cl2N2O5S. The lowest BCUT2D eigenvalue weighted by Crippen LogP contribution is -2.48. The summed E-state index contributed by atoms with van der Waals surface area (Å²) in [5.74, 6) is 0.628. The number of amides is 1. The first kappa shape index (κ1) is 22.3. The van der Waals surface area contributed by atoms with Crippen molar-refractivity contribution in [3.8, 4) is 17.2 Å². The van der Waals surface area contributed by atoms with Crippen molar-refractivity contribution in [3.63, 3.8) is 0 Å². The highest BCUT2D eigenvalue weighted by Gasteiger charge is 2.35. The largest absolute Gasteiger partial charge is 0.476 e. The summed E-state index contributed by atoms with van der Waals surface area (Å²) < 4.78 is 37.4. The van der Waals surface area contributed by atoms with Gasteiger partial charge < -0.3 is 14.8 Å². The van der Waals surface area contributed by atoms with E-state index in [2.05, 4.69) is 5.32 Å². The maximum Gasteiger partial charge on any atom is 0.267 e. The molecule has 0 spiro atoms. The maximum absolute atomic E-state index is 13.1. The highest BCUT2D eigenvalue weighted by atomic mass is 35.5. The molecule has 1 atom stereocenters. The fourth-order valence-corrected chi connectivity index (χ4v) is 4.44. The number of carbonyl (C=O) groups is 1. The number of benzene rings is 3. The van der Waals surface area contributed by atoms with Crippen LogP contribution in [0.4, 0.5) is 11.4 Å². The minimum absolute atomic E-state index is 0.215. The van der Waals surface area contributed by atoms with Gasteiger partial charge in [-0.25, -0.2) is 8.42 Å². The summed E-state index contributed by atoms with van der Waals surface area (Å²) in [6.07, 6.45) is -0.0530. The van der Waals surface area contributed by atoms with Crippen LogP contribution in [0.15, 0.2) is 66.7 Å². The number of halogens is 2. The summed E-state index contributed by atoms with van der Waals surface area (Å²) in [6.45, 7) is -0.215. The zero-order valence-electron chi connectivity index (χ0n) is 16.8. The molecule has 7 nitrogen and oxygen atoms in total. The van der Waals surface area contributed by atoms with Crippen LogP contribution < -0.4 is 19.1 Å². The van der Waals surface area contributed by atoms with Crippen molar-refractivity contribution in [2.45, 2.75) is 6.10 Å². The van der Waals surface area contributed by atoms with Crippen LogP contribution in [0.3, 0.4) is 0 Å². The Morgan fingerprint density at radius 3 is 2.47 bits per heavy atom. The Hall–Kier alpha value is -2.94. The zero-order chi connectivity index (χ0) is 22.9. The normalized spacial score (nSPS) is 15.5. The smallest absolute Gasteiger partial charge is 0.267 e. The van der Waals surface area contributed by atoms with Gasteiger partial charge in [0.25, 0.3) is 5.91 Å². The first-order valence-electron chi connectivity index (χ1n) is 9.48. The SMILES string of the molecule is CS(=O)(=O)N1C[C@H](C(=O)Nc2cc(Cl)ccc2Oc2ccccc2)Oc2ccc(Cl)cc21. The number of ether oxygens (including phenoxy) is 2. The predicted molar refractivity (Wildman–Crippen MR) is 125 cm³/mol. The number of anilines is 2. The van der Waals surface area contributed by atoms with Crippen LogP contribution in [0.1, 0.15) is 0 Å². The molecule has 4 rings (SSSR count). The van der Waals surface area contributed by atoms with E-state index in [1.165, 1.54) is 12.1 Å². The number of hydrogen-bond donors (Lipinski definition) is 1. The number of rotatable bonds is 5. The minimum atomic E-state index is -3.68. The van der Waals surface area contributed by atoms with Crippen molar-refractivity contribution in [2.75, 3.05) is 22.4 Å². The van der Waals surface area contributed by atoms with E-state index in [1.807, 2.05) is 18.2 Å². The summed E-state index contributed by atoms with van der Waals surface area (Å²) >= 11 is 12.1. The van der Waals surface area contributed by atoms with Crippen LogP contribution in [-0.4, -0.2) is 33.2 Å². The average Bonchev–Trinajstić information content (AvgIpc) is 2.75. The van der Waals surface area contributed by atoms with Gasteiger partial charge in [-0.3, -0.25) is 9.10 Å². The van der Waals surface area contributed by atoms with Gasteiger partial charge in [0.1, 0.15) is 11.5 Å². The molecule has 0 saturated heterocycles. The van der Waals surface area contributed by atoms with E-state index in [0.717, 1.165) is 10.6 Å². The van der Waals surface area contributed by atoms with E-state index in [-0.39, 0.29) is 18.0 Å². The Balaban J connectivity index is 1.61. The number of fused-ring (bicyclic) bond motifs is 1. The number of sulfonamides is 1. The Kier molecular flexibility index (Phi) is 6.19. The molecule has 1 aliphatic heterocycles. The second-order valence-electron chi connectivity index (χ2n) is 7.06. The molecule has 0 unspecified atom stereocenters. The molecule has 0 fully saturated rings. The molecule has 1 N–H and O–H groups in total. The minimum Gasteiger partial charge on any atom is -0.476 e. The molecule has 1 heterocycles. The van der Waals surface area contributed by atoms with Gasteiger partial charge in [-0.2, -0.15) is 0 Å². The highest BCUT2D eigenvalue weighted by Crippen LogP contribution is 2.38. The van der Waals surface area contributed by atoms with Crippen molar-refractivity contribution < 1.29 is 22.7 Å². The maximum atomic E-state index is 13.1. The van der Waals surface area contributed by atoms with Crippen LogP contribution in [0.25, 0.3) is 0 Å². The number of hydrogen-bond acceptors (Lipinski definition) is 5. The average molecular weight is 493 g/mol. The number of carbonyl (C=O) groups excluding carboxylic acids is 1. The molecule has 1 aliphatic rings. The summed E-state index contributed by atoms with van der Waals surface area (Å²) in [5.41, 5.74) is 0.600. The zero-order valence-corrected chi connectivity index (χ0v) is 19.1. The fraction of sp³-hybridized carbons (Fsp3) is 0.136. The quantitative estimate of drug-likeness (QED) is 0.544. The lowest BCUT2D eigenvalue weighted by molar-refractivity contribution is -0.122. The van der Waals surface area contributed by atoms with Gasteiger partial charge in [0.2, 0.25) is 10.0 Å². The van der Waals surface area contributed by atoms with E-state index >= 15 is 0 Å². The molecule has 32 heavy (non-hydrogen) atoms. The van der Waals surface area contributed by atoms with Crippen molar-refractivity contribution >= 4 is 50.5 Å². The lowest BCUT2D eigenvalue weighted by Gasteiger charge is -2.34. The molecule has 166 valence electrons. The predicted octanol–water partition coefficient (Wildman–Crippen LogP) is 4.95. The van der Waals surface area contributed by atoms with Crippen LogP contribution in [0.2, 0.25) is 10.0 Å². The van der Waals surface area contributed by atoms with E-state index in [9.17, 15) is 13.2 Å². The van der Waals surface area contributed by atoms with Gasteiger partial charge in [0.15, 0.2) is 11.9 Å². The molecule has 0 saturated carbocycles. The first-order valence-corrected chi connectivity index (χ1v) is 12.1. The van der Waals surface area contributed by atoms with Crippen molar-refractivity contribution in [1.82, 2.24) is 0 Å². The van der Waals surface area contributed by atoms with Crippen LogP contribution >= 0.6 is 23.2 Å². The van der Waals surface area contributed by atoms with Gasteiger partial charge in [-0.1, -0.05) is 41.4 Å². The third-order valence-corrected chi connectivity index (χ3v) is 6.27. The first-order chi connectivity index (χ1) is 15.2. The van der Waals surface area contributed by atoms with Crippen molar-refractivity contribution in [2.24, 2.45) is 0 Å². The summed E-state index contributed by atoms with van der Waals surface area (Å²) in [4.78, 5) is 13.1. The van der Waals surface area contributed by atoms with Crippen molar-refractivity contribution in [3.05, 3.63) is 76.8 Å². The van der Waals surface area contributed by atoms with E-state index in [4.69, 9.17) is 32.7 Å². The third kappa shape index (κ3) is 4.93. The van der Waals surface area contributed by atoms with Crippen LogP contribution in [-0.2, 0) is 14.8 Å². The number of nitrogens with zero attached hydrogens (tertiary/aromatic N) is 1. The summed E-state index contributed by atoms with van der Waals surface area (Å²) in [5, 5.41) is 3.48. The Morgan fingerprint density at radius 2 is 1.75 bits per heavy atom. The molecule has 0 aromatic heterocycles. The molecule has 0 bridgehead atoms. The van der Waals surface area contributed by atoms with Gasteiger partial charge in [0, 0.05) is 10.0 Å². The van der Waals surface area contributed by atoms with Crippen LogP contribution in [0.5, 0.6) is 17.2 Å². The monoisotopic (exact) mass is 492 g/mol. The number of para-hydroxylation sites is 1.